The molecule has 2 aromatic heterocycles. The van der Waals surface area contributed by atoms with Gasteiger partial charge in [-0.05, 0) is 51.0 Å². The van der Waals surface area contributed by atoms with Gasteiger partial charge in [-0.1, -0.05) is 6.92 Å². The van der Waals surface area contributed by atoms with Gasteiger partial charge >= 0.3 is 0 Å². The van der Waals surface area contributed by atoms with E-state index in [1.165, 1.54) is 26.1 Å². The van der Waals surface area contributed by atoms with E-state index in [1.807, 2.05) is 0 Å². The molecule has 0 fully saturated rings. The Kier molecular flexibility index (Phi) is 8.18. The summed E-state index contributed by atoms with van der Waals surface area (Å²) in [6.07, 6.45) is -2.12. The van der Waals surface area contributed by atoms with Gasteiger partial charge in [-0.25, -0.2) is 23.1 Å². The van der Waals surface area contributed by atoms with Gasteiger partial charge in [0, 0.05) is 29.9 Å². The second-order valence-corrected chi connectivity index (χ2v) is 7.63. The van der Waals surface area contributed by atoms with Crippen molar-refractivity contribution in [3.63, 3.8) is 0 Å². The lowest BCUT2D eigenvalue weighted by Crippen LogP contribution is -2.38. The first-order valence-electron chi connectivity index (χ1n) is 10.1. The number of pyridine rings is 2. The average Bonchev–Trinajstić information content (AvgIpc) is 2.71. The van der Waals surface area contributed by atoms with Crippen molar-refractivity contribution in [1.82, 2.24) is 15.3 Å². The highest BCUT2D eigenvalue weighted by Crippen LogP contribution is 2.27. The number of anilines is 1. The van der Waals surface area contributed by atoms with E-state index < -0.39 is 24.7 Å². The normalized spacial score (nSPS) is 13.9. The Labute approximate surface area is 184 Å². The Hall–Kier alpha value is -3.17. The summed E-state index contributed by atoms with van der Waals surface area (Å²) >= 11 is 0. The highest BCUT2D eigenvalue weighted by Gasteiger charge is 2.39. The van der Waals surface area contributed by atoms with Gasteiger partial charge in [-0.3, -0.25) is 9.59 Å². The minimum Gasteiger partial charge on any atom is -0.474 e. The van der Waals surface area contributed by atoms with Crippen LogP contribution in [0.1, 0.15) is 60.4 Å². The number of amides is 2. The molecule has 2 rings (SSSR count). The Morgan fingerprint density at radius 3 is 2.47 bits per heavy atom. The Morgan fingerprint density at radius 2 is 1.91 bits per heavy atom. The number of halogens is 3. The molecule has 0 radical (unpaired) electrons. The summed E-state index contributed by atoms with van der Waals surface area (Å²) in [7, 11) is 0. The van der Waals surface area contributed by atoms with Crippen LogP contribution in [0.15, 0.2) is 24.4 Å². The smallest absolute Gasteiger partial charge is 0.275 e. The van der Waals surface area contributed by atoms with Crippen molar-refractivity contribution in [1.29, 1.82) is 0 Å². The number of hydrogen-bond donors (Lipinski definition) is 2. The number of rotatable bonds is 9. The second kappa shape index (κ2) is 10.4. The number of alkyl halides is 3. The van der Waals surface area contributed by atoms with Gasteiger partial charge in [-0.15, -0.1) is 0 Å². The number of nitrogens with one attached hydrogen (secondary N) is 2. The maximum absolute atomic E-state index is 14.1. The van der Waals surface area contributed by atoms with Gasteiger partial charge in [0.05, 0.1) is 6.04 Å². The SMILES string of the molecule is CCC(F)(COc1ncc(C(C)NC(=O)c2cc(C)nc(NC(C)=O)c2)cc1C)C(F)F. The van der Waals surface area contributed by atoms with Crippen LogP contribution in [0.3, 0.4) is 0 Å². The van der Waals surface area contributed by atoms with E-state index >= 15 is 0 Å². The zero-order chi connectivity index (χ0) is 24.1. The fourth-order valence-corrected chi connectivity index (χ4v) is 2.89. The van der Waals surface area contributed by atoms with Crippen LogP contribution in [0, 0.1) is 13.8 Å². The molecule has 10 heteroatoms. The zero-order valence-electron chi connectivity index (χ0n) is 18.6. The molecule has 2 unspecified atom stereocenters. The van der Waals surface area contributed by atoms with Crippen LogP contribution in [-0.4, -0.2) is 40.5 Å². The van der Waals surface area contributed by atoms with Crippen molar-refractivity contribution < 1.29 is 27.5 Å². The summed E-state index contributed by atoms with van der Waals surface area (Å²) in [5, 5.41) is 5.37. The van der Waals surface area contributed by atoms with Crippen molar-refractivity contribution in [2.75, 3.05) is 11.9 Å². The van der Waals surface area contributed by atoms with Crippen LogP contribution >= 0.6 is 0 Å². The van der Waals surface area contributed by atoms with Crippen molar-refractivity contribution in [2.24, 2.45) is 0 Å². The lowest BCUT2D eigenvalue weighted by Gasteiger charge is -2.23. The van der Waals surface area contributed by atoms with Gasteiger partial charge < -0.3 is 15.4 Å². The monoisotopic (exact) mass is 452 g/mol. The molecule has 32 heavy (non-hydrogen) atoms. The maximum atomic E-state index is 14.1. The predicted molar refractivity (Wildman–Crippen MR) is 114 cm³/mol. The summed E-state index contributed by atoms with van der Waals surface area (Å²) in [5.41, 5.74) is -0.695. The number of hydrogen-bond acceptors (Lipinski definition) is 5. The predicted octanol–water partition coefficient (Wildman–Crippen LogP) is 4.31. The molecular formula is C22H27F3N4O3. The summed E-state index contributed by atoms with van der Waals surface area (Å²) in [5.74, 6) is -0.360. The van der Waals surface area contributed by atoms with Crippen LogP contribution in [0.25, 0.3) is 0 Å². The Bertz CT molecular complexity index is 987. The molecular weight excluding hydrogens is 425 g/mol. The van der Waals surface area contributed by atoms with Crippen molar-refractivity contribution >= 4 is 17.6 Å². The van der Waals surface area contributed by atoms with E-state index in [1.54, 1.807) is 32.9 Å². The average molecular weight is 452 g/mol. The molecule has 0 bridgehead atoms. The van der Waals surface area contributed by atoms with Gasteiger partial charge in [0.1, 0.15) is 12.4 Å². The molecule has 0 saturated carbocycles. The summed E-state index contributed by atoms with van der Waals surface area (Å²) in [4.78, 5) is 32.2. The largest absolute Gasteiger partial charge is 0.474 e. The van der Waals surface area contributed by atoms with Gasteiger partial charge in [0.15, 0.2) is 0 Å². The zero-order valence-corrected chi connectivity index (χ0v) is 18.6. The second-order valence-electron chi connectivity index (χ2n) is 7.63. The van der Waals surface area contributed by atoms with Crippen LogP contribution in [-0.2, 0) is 4.79 Å². The molecule has 174 valence electrons. The molecule has 0 spiro atoms. The Morgan fingerprint density at radius 1 is 1.22 bits per heavy atom. The van der Waals surface area contributed by atoms with E-state index in [9.17, 15) is 22.8 Å². The lowest BCUT2D eigenvalue weighted by molar-refractivity contribution is -0.114. The third-order valence-corrected chi connectivity index (χ3v) is 4.85. The fraction of sp³-hybridized carbons (Fsp3) is 0.455. The Balaban J connectivity index is 2.10. The molecule has 0 saturated heterocycles. The molecule has 2 aromatic rings. The first kappa shape index (κ1) is 25.1. The minimum atomic E-state index is -3.16. The van der Waals surface area contributed by atoms with E-state index in [0.29, 0.717) is 22.4 Å². The molecule has 0 aliphatic heterocycles. The molecule has 0 aliphatic carbocycles. The van der Waals surface area contributed by atoms with Crippen molar-refractivity contribution in [3.8, 4) is 5.88 Å². The standard InChI is InChI=1S/C22H27F3N4O3/c1-6-22(25,21(23)24)11-32-20-12(2)7-17(10-26-20)14(4)28-19(31)16-8-13(3)27-18(9-16)29-15(5)30/h7-10,14,21H,6,11H2,1-5H3,(H,28,31)(H,27,29,30). The summed E-state index contributed by atoms with van der Waals surface area (Å²) in [6, 6.07) is 4.30. The maximum Gasteiger partial charge on any atom is 0.275 e. The first-order valence-corrected chi connectivity index (χ1v) is 10.1. The molecule has 2 atom stereocenters. The molecule has 2 heterocycles. The van der Waals surface area contributed by atoms with Crippen molar-refractivity contribution in [2.45, 2.75) is 59.2 Å². The molecule has 0 aliphatic rings. The number of nitrogens with zero attached hydrogens (tertiary/aromatic N) is 2. The lowest BCUT2D eigenvalue weighted by atomic mass is 10.1. The minimum absolute atomic E-state index is 0.0492. The van der Waals surface area contributed by atoms with E-state index in [-0.39, 0.29) is 29.9 Å². The molecule has 2 amide bonds. The topological polar surface area (TPSA) is 93.2 Å². The molecule has 2 N–H and O–H groups in total. The highest BCUT2D eigenvalue weighted by atomic mass is 19.3. The third kappa shape index (κ3) is 6.41. The number of aryl methyl sites for hydroxylation is 2. The summed E-state index contributed by atoms with van der Waals surface area (Å²) in [6.45, 7) is 6.97. The van der Waals surface area contributed by atoms with Gasteiger partial charge in [0.25, 0.3) is 12.3 Å². The van der Waals surface area contributed by atoms with Crippen LogP contribution in [0.2, 0.25) is 0 Å². The quantitative estimate of drug-likeness (QED) is 0.592. The van der Waals surface area contributed by atoms with Gasteiger partial charge in [-0.2, -0.15) is 0 Å². The van der Waals surface area contributed by atoms with Crippen molar-refractivity contribution in [3.05, 3.63) is 46.8 Å². The number of carbonyl (C=O) groups excluding carboxylic acids is 2. The van der Waals surface area contributed by atoms with Crippen LogP contribution in [0.4, 0.5) is 19.0 Å². The van der Waals surface area contributed by atoms with E-state index in [2.05, 4.69) is 20.6 Å². The van der Waals surface area contributed by atoms with Gasteiger partial charge in [0.2, 0.25) is 17.5 Å². The van der Waals surface area contributed by atoms with E-state index in [0.717, 1.165) is 0 Å². The van der Waals surface area contributed by atoms with E-state index in [4.69, 9.17) is 4.74 Å². The van der Waals surface area contributed by atoms with Crippen LogP contribution in [0.5, 0.6) is 5.88 Å². The number of carbonyl (C=O) groups is 2. The molecule has 0 aromatic carbocycles. The highest BCUT2D eigenvalue weighted by molar-refractivity contribution is 5.96. The third-order valence-electron chi connectivity index (χ3n) is 4.85. The van der Waals surface area contributed by atoms with Crippen LogP contribution < -0.4 is 15.4 Å². The molecule has 7 nitrogen and oxygen atoms in total. The summed E-state index contributed by atoms with van der Waals surface area (Å²) < 4.78 is 45.1. The number of aromatic nitrogens is 2. The fourth-order valence-electron chi connectivity index (χ4n) is 2.89. The first-order chi connectivity index (χ1) is 14.9. The number of ether oxygens (including phenoxy) is 1.